The summed E-state index contributed by atoms with van der Waals surface area (Å²) in [5.41, 5.74) is 6.53. The topological polar surface area (TPSA) is 86.9 Å². The van der Waals surface area contributed by atoms with Gasteiger partial charge in [-0.2, -0.15) is 0 Å². The predicted octanol–water partition coefficient (Wildman–Crippen LogP) is 0.909. The molecule has 126 valence electrons. The molecule has 0 aromatic carbocycles. The fraction of sp³-hybridized carbons (Fsp3) is 0.600. The highest BCUT2D eigenvalue weighted by Crippen LogP contribution is 2.40. The number of nitrogens with two attached hydrogens (primary N) is 1. The van der Waals surface area contributed by atoms with Crippen molar-refractivity contribution in [2.24, 2.45) is 5.73 Å². The maximum absolute atomic E-state index is 11.9. The van der Waals surface area contributed by atoms with Crippen LogP contribution < -0.4 is 5.73 Å². The Bertz CT molecular complexity index is 570. The third-order valence-electron chi connectivity index (χ3n) is 4.45. The summed E-state index contributed by atoms with van der Waals surface area (Å²) in [5, 5.41) is 11.8. The standard InChI is InChI=1S/C15H21N3O3S2/c1-17-5-2-10(3-6-17)22-7-4-9-8-23-14-11(16)13(19)18(14)12(9)15(20)21/h4,7,10-11,14H,2-3,5-6,8,16H2,1H3,(H,20,21)/b7-4+/t11-,14-/m1/s1. The van der Waals surface area contributed by atoms with Gasteiger partial charge in [0.1, 0.15) is 17.1 Å². The minimum atomic E-state index is -1.06. The summed E-state index contributed by atoms with van der Waals surface area (Å²) in [5.74, 6) is -0.776. The van der Waals surface area contributed by atoms with Crippen LogP contribution >= 0.6 is 23.5 Å². The first-order valence-corrected chi connectivity index (χ1v) is 9.65. The summed E-state index contributed by atoms with van der Waals surface area (Å²) in [6.45, 7) is 2.21. The molecule has 0 spiro atoms. The molecule has 0 aromatic heterocycles. The lowest BCUT2D eigenvalue weighted by Gasteiger charge is -2.47. The molecule has 0 aliphatic carbocycles. The Morgan fingerprint density at radius 3 is 2.78 bits per heavy atom. The van der Waals surface area contributed by atoms with E-state index in [2.05, 4.69) is 11.9 Å². The number of hydrogen-bond acceptors (Lipinski definition) is 6. The second kappa shape index (κ2) is 6.88. The number of thioether (sulfide) groups is 2. The van der Waals surface area contributed by atoms with Gasteiger partial charge in [-0.3, -0.25) is 9.69 Å². The number of carboxylic acid groups (broad SMARTS) is 1. The molecule has 3 rings (SSSR count). The van der Waals surface area contributed by atoms with Gasteiger partial charge in [0.25, 0.3) is 0 Å². The number of carbonyl (C=O) groups is 2. The van der Waals surface area contributed by atoms with Crippen molar-refractivity contribution in [3.63, 3.8) is 0 Å². The number of piperidine rings is 1. The third kappa shape index (κ3) is 3.31. The molecule has 2 atom stereocenters. The van der Waals surface area contributed by atoms with Crippen molar-refractivity contribution in [3.8, 4) is 0 Å². The van der Waals surface area contributed by atoms with Gasteiger partial charge >= 0.3 is 5.97 Å². The van der Waals surface area contributed by atoms with E-state index in [0.717, 1.165) is 25.9 Å². The molecule has 0 radical (unpaired) electrons. The van der Waals surface area contributed by atoms with Crippen LogP contribution in [0.15, 0.2) is 22.8 Å². The summed E-state index contributed by atoms with van der Waals surface area (Å²) in [6, 6.07) is -0.575. The van der Waals surface area contributed by atoms with Crippen molar-refractivity contribution in [3.05, 3.63) is 22.8 Å². The highest BCUT2D eigenvalue weighted by atomic mass is 32.2. The Hall–Kier alpha value is -0.960. The molecule has 3 heterocycles. The number of nitrogens with zero attached hydrogens (tertiary/aromatic N) is 2. The molecule has 0 aromatic rings. The minimum Gasteiger partial charge on any atom is -0.477 e. The fourth-order valence-electron chi connectivity index (χ4n) is 3.02. The zero-order valence-corrected chi connectivity index (χ0v) is 14.6. The lowest BCUT2D eigenvalue weighted by Crippen LogP contribution is -2.68. The van der Waals surface area contributed by atoms with E-state index in [4.69, 9.17) is 5.73 Å². The van der Waals surface area contributed by atoms with Crippen molar-refractivity contribution < 1.29 is 14.7 Å². The number of aliphatic carboxylic acids is 1. The van der Waals surface area contributed by atoms with Gasteiger partial charge in [0.2, 0.25) is 5.91 Å². The molecule has 2 saturated heterocycles. The van der Waals surface area contributed by atoms with Gasteiger partial charge in [0.15, 0.2) is 0 Å². The van der Waals surface area contributed by atoms with Crippen LogP contribution in [0.2, 0.25) is 0 Å². The molecular formula is C15H21N3O3S2. The Morgan fingerprint density at radius 1 is 1.43 bits per heavy atom. The first-order chi connectivity index (χ1) is 11.0. The van der Waals surface area contributed by atoms with Crippen molar-refractivity contribution in [2.75, 3.05) is 25.9 Å². The van der Waals surface area contributed by atoms with Gasteiger partial charge in [-0.05, 0) is 50.0 Å². The molecule has 0 unspecified atom stereocenters. The maximum Gasteiger partial charge on any atom is 0.352 e. The average molecular weight is 355 g/mol. The van der Waals surface area contributed by atoms with Crippen LogP contribution in [0, 0.1) is 0 Å². The molecule has 8 heteroatoms. The smallest absolute Gasteiger partial charge is 0.352 e. The number of amides is 1. The Kier molecular flexibility index (Phi) is 5.05. The minimum absolute atomic E-state index is 0.0978. The summed E-state index contributed by atoms with van der Waals surface area (Å²) in [4.78, 5) is 27.1. The molecule has 0 saturated carbocycles. The van der Waals surface area contributed by atoms with Crippen LogP contribution in [-0.4, -0.2) is 69.3 Å². The van der Waals surface area contributed by atoms with E-state index in [1.54, 1.807) is 11.8 Å². The number of hydrogen-bond donors (Lipinski definition) is 2. The zero-order valence-electron chi connectivity index (χ0n) is 13.0. The quantitative estimate of drug-likeness (QED) is 0.725. The molecular weight excluding hydrogens is 334 g/mol. The monoisotopic (exact) mass is 355 g/mol. The number of rotatable bonds is 4. The van der Waals surface area contributed by atoms with Gasteiger partial charge < -0.3 is 15.7 Å². The summed E-state index contributed by atoms with van der Waals surface area (Å²) in [7, 11) is 2.13. The second-order valence-corrected chi connectivity index (χ2v) is 8.37. The number of likely N-dealkylation sites (tertiary alicyclic amines) is 1. The summed E-state index contributed by atoms with van der Waals surface area (Å²) < 4.78 is 0. The van der Waals surface area contributed by atoms with Crippen molar-refractivity contribution in [2.45, 2.75) is 29.5 Å². The van der Waals surface area contributed by atoms with Crippen molar-refractivity contribution >= 4 is 35.4 Å². The molecule has 3 aliphatic rings. The normalized spacial score (nSPS) is 29.8. The van der Waals surface area contributed by atoms with E-state index in [-0.39, 0.29) is 17.0 Å². The second-order valence-electron chi connectivity index (χ2n) is 6.06. The van der Waals surface area contributed by atoms with E-state index in [1.165, 1.54) is 16.7 Å². The van der Waals surface area contributed by atoms with E-state index in [0.29, 0.717) is 16.6 Å². The van der Waals surface area contributed by atoms with E-state index in [9.17, 15) is 14.7 Å². The van der Waals surface area contributed by atoms with Crippen LogP contribution in [0.25, 0.3) is 0 Å². The number of fused-ring (bicyclic) bond motifs is 1. The van der Waals surface area contributed by atoms with E-state index < -0.39 is 12.0 Å². The Morgan fingerprint density at radius 2 is 2.13 bits per heavy atom. The van der Waals surface area contributed by atoms with Crippen LogP contribution in [0.3, 0.4) is 0 Å². The molecule has 2 fully saturated rings. The van der Waals surface area contributed by atoms with Crippen LogP contribution in [0.1, 0.15) is 12.8 Å². The molecule has 0 bridgehead atoms. The van der Waals surface area contributed by atoms with Crippen LogP contribution in [0.4, 0.5) is 0 Å². The number of carbonyl (C=O) groups excluding carboxylic acids is 1. The van der Waals surface area contributed by atoms with Gasteiger partial charge in [-0.25, -0.2) is 4.79 Å². The van der Waals surface area contributed by atoms with E-state index >= 15 is 0 Å². The SMILES string of the molecule is CN1CCC(S/C=C/C2=C(C(=O)O)N3C(=O)[C@@H](N)[C@H]3SC2)CC1. The summed E-state index contributed by atoms with van der Waals surface area (Å²) >= 11 is 3.29. The Balaban J connectivity index is 1.68. The number of β-lactam (4-membered cyclic amide) rings is 1. The highest BCUT2D eigenvalue weighted by molar-refractivity contribution is 8.02. The fourth-order valence-corrected chi connectivity index (χ4v) is 5.23. The molecule has 1 amide bonds. The number of allylic oxidation sites excluding steroid dienone is 1. The molecule has 23 heavy (non-hydrogen) atoms. The zero-order chi connectivity index (χ0) is 16.6. The average Bonchev–Trinajstić information content (AvgIpc) is 2.55. The largest absolute Gasteiger partial charge is 0.477 e. The molecule has 3 aliphatic heterocycles. The third-order valence-corrected chi connectivity index (χ3v) is 6.92. The van der Waals surface area contributed by atoms with Crippen molar-refractivity contribution in [1.29, 1.82) is 0 Å². The first kappa shape index (κ1) is 16.9. The van der Waals surface area contributed by atoms with Gasteiger partial charge in [0.05, 0.1) is 0 Å². The van der Waals surface area contributed by atoms with Crippen LogP contribution in [0.5, 0.6) is 0 Å². The van der Waals surface area contributed by atoms with Gasteiger partial charge in [-0.1, -0.05) is 0 Å². The van der Waals surface area contributed by atoms with Crippen LogP contribution in [-0.2, 0) is 9.59 Å². The van der Waals surface area contributed by atoms with E-state index in [1.807, 2.05) is 11.5 Å². The molecule has 6 nitrogen and oxygen atoms in total. The van der Waals surface area contributed by atoms with Gasteiger partial charge in [0, 0.05) is 11.0 Å². The summed E-state index contributed by atoms with van der Waals surface area (Å²) in [6.07, 6.45) is 4.14. The predicted molar refractivity (Wildman–Crippen MR) is 93.0 cm³/mol. The highest BCUT2D eigenvalue weighted by Gasteiger charge is 2.51. The lowest BCUT2D eigenvalue weighted by molar-refractivity contribution is -0.147. The molecule has 3 N–H and O–H groups in total. The first-order valence-electron chi connectivity index (χ1n) is 7.66. The van der Waals surface area contributed by atoms with Gasteiger partial charge in [-0.15, -0.1) is 23.5 Å². The maximum atomic E-state index is 11.9. The van der Waals surface area contributed by atoms with Crippen molar-refractivity contribution in [1.82, 2.24) is 9.80 Å². The lowest BCUT2D eigenvalue weighted by atomic mass is 10.0. The number of carboxylic acids is 1. The Labute approximate surface area is 144 Å².